The van der Waals surface area contributed by atoms with E-state index in [-0.39, 0.29) is 12.6 Å². The third kappa shape index (κ3) is 3.64. The van der Waals surface area contributed by atoms with Gasteiger partial charge in [0.1, 0.15) is 17.5 Å². The first-order chi connectivity index (χ1) is 14.4. The molecule has 4 N–H and O–H groups in total. The summed E-state index contributed by atoms with van der Waals surface area (Å²) in [5.74, 6) is 0.315. The van der Waals surface area contributed by atoms with Gasteiger partial charge in [-0.15, -0.1) is 21.5 Å². The van der Waals surface area contributed by atoms with Crippen LogP contribution in [0.2, 0.25) is 0 Å². The van der Waals surface area contributed by atoms with E-state index in [0.717, 1.165) is 35.3 Å². The normalized spacial score (nSPS) is 14.0. The van der Waals surface area contributed by atoms with Crippen LogP contribution in [0, 0.1) is 6.92 Å². The number of aliphatic hydroxyl groups is 1. The lowest BCUT2D eigenvalue weighted by Gasteiger charge is -2.12. The molecule has 30 heavy (non-hydrogen) atoms. The molecule has 0 spiro atoms. The minimum atomic E-state index is -0.546. The number of hydrogen-bond donors (Lipinski definition) is 3. The molecule has 0 saturated heterocycles. The number of nitrogens with one attached hydrogen (secondary N) is 1. The zero-order chi connectivity index (χ0) is 21.4. The molecule has 3 aromatic heterocycles. The lowest BCUT2D eigenvalue weighted by atomic mass is 10.1. The first-order valence-electron chi connectivity index (χ1n) is 9.41. The number of thioether (sulfide) groups is 1. The standard InChI is InChI=1S/C19H21N5O4S2/c1-9-11(6-7-28-9)16-22-23-19(24(16)8-25)29-10(2)17(27)21-18-14(15(20)26)12-4-3-5-13(12)30-18/h6-7,10,25H,3-5,8H2,1-2H3,(H2,20,26)(H,21,27). The predicted octanol–water partition coefficient (Wildman–Crippen LogP) is 2.56. The van der Waals surface area contributed by atoms with E-state index in [2.05, 4.69) is 15.5 Å². The highest BCUT2D eigenvalue weighted by Gasteiger charge is 2.28. The fourth-order valence-corrected chi connectivity index (χ4v) is 5.64. The van der Waals surface area contributed by atoms with E-state index in [1.807, 2.05) is 0 Å². The molecule has 0 radical (unpaired) electrons. The summed E-state index contributed by atoms with van der Waals surface area (Å²) in [6, 6.07) is 1.75. The van der Waals surface area contributed by atoms with E-state index < -0.39 is 11.2 Å². The number of nitrogens with zero attached hydrogens (tertiary/aromatic N) is 3. The number of aliphatic hydroxyl groups excluding tert-OH is 1. The summed E-state index contributed by atoms with van der Waals surface area (Å²) in [5.41, 5.74) is 7.67. The number of aromatic nitrogens is 3. The van der Waals surface area contributed by atoms with Crippen molar-refractivity contribution in [2.45, 2.75) is 50.2 Å². The van der Waals surface area contributed by atoms with Gasteiger partial charge >= 0.3 is 0 Å². The van der Waals surface area contributed by atoms with E-state index in [9.17, 15) is 14.7 Å². The number of fused-ring (bicyclic) bond motifs is 1. The molecule has 3 heterocycles. The van der Waals surface area contributed by atoms with E-state index in [4.69, 9.17) is 10.2 Å². The van der Waals surface area contributed by atoms with Crippen LogP contribution in [0.1, 0.15) is 39.9 Å². The van der Waals surface area contributed by atoms with Crippen LogP contribution in [0.4, 0.5) is 5.00 Å². The molecule has 1 aliphatic carbocycles. The van der Waals surface area contributed by atoms with E-state index >= 15 is 0 Å². The summed E-state index contributed by atoms with van der Waals surface area (Å²) < 4.78 is 6.81. The number of thiophene rings is 1. The van der Waals surface area contributed by atoms with Crippen molar-refractivity contribution in [1.82, 2.24) is 14.8 Å². The first kappa shape index (κ1) is 20.6. The molecule has 4 rings (SSSR count). The van der Waals surface area contributed by atoms with Crippen LogP contribution in [0.5, 0.6) is 0 Å². The topological polar surface area (TPSA) is 136 Å². The molecule has 2 amide bonds. The van der Waals surface area contributed by atoms with Gasteiger partial charge in [0.05, 0.1) is 22.6 Å². The third-order valence-electron chi connectivity index (χ3n) is 5.01. The predicted molar refractivity (Wildman–Crippen MR) is 113 cm³/mol. The van der Waals surface area contributed by atoms with Crippen molar-refractivity contribution < 1.29 is 19.1 Å². The van der Waals surface area contributed by atoms with Gasteiger partial charge in [0.25, 0.3) is 5.91 Å². The van der Waals surface area contributed by atoms with Gasteiger partial charge in [0.15, 0.2) is 11.0 Å². The molecule has 9 nitrogen and oxygen atoms in total. The maximum absolute atomic E-state index is 12.8. The zero-order valence-corrected chi connectivity index (χ0v) is 18.1. The number of aryl methyl sites for hydroxylation is 2. The smallest absolute Gasteiger partial charge is 0.251 e. The molecular weight excluding hydrogens is 426 g/mol. The van der Waals surface area contributed by atoms with Crippen LogP contribution in [0.3, 0.4) is 0 Å². The average Bonchev–Trinajstić information content (AvgIpc) is 3.45. The molecule has 3 aromatic rings. The van der Waals surface area contributed by atoms with Crippen molar-refractivity contribution in [3.63, 3.8) is 0 Å². The first-order valence-corrected chi connectivity index (χ1v) is 11.1. The van der Waals surface area contributed by atoms with Gasteiger partial charge in [0.2, 0.25) is 5.91 Å². The van der Waals surface area contributed by atoms with Gasteiger partial charge in [-0.05, 0) is 44.7 Å². The van der Waals surface area contributed by atoms with Crippen molar-refractivity contribution in [2.24, 2.45) is 5.73 Å². The average molecular weight is 448 g/mol. The lowest BCUT2D eigenvalue weighted by molar-refractivity contribution is -0.115. The molecule has 158 valence electrons. The van der Waals surface area contributed by atoms with E-state index in [1.165, 1.54) is 27.7 Å². The third-order valence-corrected chi connectivity index (χ3v) is 7.30. The fraction of sp³-hybridized carbons (Fsp3) is 0.368. The summed E-state index contributed by atoms with van der Waals surface area (Å²) in [4.78, 5) is 25.8. The van der Waals surface area contributed by atoms with Gasteiger partial charge < -0.3 is 20.6 Å². The molecule has 0 fully saturated rings. The second-order valence-corrected chi connectivity index (χ2v) is 9.35. The Labute approximate surface area is 180 Å². The molecule has 1 atom stereocenters. The lowest BCUT2D eigenvalue weighted by Crippen LogP contribution is -2.24. The molecule has 1 unspecified atom stereocenters. The Balaban J connectivity index is 1.52. The number of carbonyl (C=O) groups excluding carboxylic acids is 2. The molecule has 0 saturated carbocycles. The largest absolute Gasteiger partial charge is 0.469 e. The summed E-state index contributed by atoms with van der Waals surface area (Å²) in [6.07, 6.45) is 4.24. The number of amides is 2. The second-order valence-electron chi connectivity index (χ2n) is 6.94. The minimum Gasteiger partial charge on any atom is -0.469 e. The van der Waals surface area contributed by atoms with Gasteiger partial charge in [-0.2, -0.15) is 0 Å². The molecule has 1 aliphatic rings. The van der Waals surface area contributed by atoms with Crippen LogP contribution in [-0.2, 0) is 24.4 Å². The Kier molecular flexibility index (Phi) is 5.67. The number of hydrogen-bond acceptors (Lipinski definition) is 8. The van der Waals surface area contributed by atoms with Gasteiger partial charge in [-0.3, -0.25) is 14.2 Å². The highest BCUT2D eigenvalue weighted by Crippen LogP contribution is 2.39. The quantitative estimate of drug-likeness (QED) is 0.474. The highest BCUT2D eigenvalue weighted by molar-refractivity contribution is 8.00. The number of anilines is 1. The fourth-order valence-electron chi connectivity index (χ4n) is 3.50. The van der Waals surface area contributed by atoms with Crippen molar-refractivity contribution in [1.29, 1.82) is 0 Å². The van der Waals surface area contributed by atoms with Crippen molar-refractivity contribution in [3.05, 3.63) is 34.1 Å². The van der Waals surface area contributed by atoms with Gasteiger partial charge in [0, 0.05) is 4.88 Å². The van der Waals surface area contributed by atoms with Crippen LogP contribution in [0.25, 0.3) is 11.4 Å². The van der Waals surface area contributed by atoms with Crippen LogP contribution in [-0.4, -0.2) is 36.9 Å². The van der Waals surface area contributed by atoms with Crippen LogP contribution in [0.15, 0.2) is 21.9 Å². The summed E-state index contributed by atoms with van der Waals surface area (Å²) >= 11 is 2.58. The maximum Gasteiger partial charge on any atom is 0.251 e. The highest BCUT2D eigenvalue weighted by atomic mass is 32.2. The number of nitrogens with two attached hydrogens (primary N) is 1. The molecular formula is C19H21N5O4S2. The van der Waals surface area contributed by atoms with Crippen LogP contribution < -0.4 is 11.1 Å². The molecule has 0 bridgehead atoms. The Morgan fingerprint density at radius 2 is 2.23 bits per heavy atom. The van der Waals surface area contributed by atoms with E-state index in [1.54, 1.807) is 26.2 Å². The van der Waals surface area contributed by atoms with Gasteiger partial charge in [-0.25, -0.2) is 0 Å². The van der Waals surface area contributed by atoms with E-state index in [0.29, 0.717) is 27.3 Å². The Morgan fingerprint density at radius 3 is 2.90 bits per heavy atom. The Bertz CT molecular complexity index is 1120. The minimum absolute atomic E-state index is 0.282. The molecule has 0 aromatic carbocycles. The summed E-state index contributed by atoms with van der Waals surface area (Å²) in [6.45, 7) is 3.18. The Hall–Kier alpha value is -2.63. The van der Waals surface area contributed by atoms with Crippen molar-refractivity contribution in [3.8, 4) is 11.4 Å². The monoisotopic (exact) mass is 447 g/mol. The van der Waals surface area contributed by atoms with Crippen molar-refractivity contribution in [2.75, 3.05) is 5.32 Å². The zero-order valence-electron chi connectivity index (χ0n) is 16.5. The van der Waals surface area contributed by atoms with Crippen LogP contribution >= 0.6 is 23.1 Å². The number of carbonyl (C=O) groups is 2. The Morgan fingerprint density at radius 1 is 1.43 bits per heavy atom. The summed E-state index contributed by atoms with van der Waals surface area (Å²) in [5, 5.41) is 21.3. The number of furan rings is 1. The maximum atomic E-state index is 12.8. The number of primary amides is 1. The molecule has 11 heteroatoms. The molecule has 0 aliphatic heterocycles. The second kappa shape index (κ2) is 8.25. The number of rotatable bonds is 7. The SMILES string of the molecule is Cc1occc1-c1nnc(SC(C)C(=O)Nc2sc3c(c2C(N)=O)CCC3)n1CO. The summed E-state index contributed by atoms with van der Waals surface area (Å²) in [7, 11) is 0. The van der Waals surface area contributed by atoms with Gasteiger partial charge in [-0.1, -0.05) is 11.8 Å². The van der Waals surface area contributed by atoms with Crippen molar-refractivity contribution >= 4 is 39.9 Å².